The van der Waals surface area contributed by atoms with E-state index in [-0.39, 0.29) is 13.0 Å². The van der Waals surface area contributed by atoms with Crippen molar-refractivity contribution < 1.29 is 27.9 Å². The van der Waals surface area contributed by atoms with Gasteiger partial charge in [-0.3, -0.25) is 9.59 Å². The summed E-state index contributed by atoms with van der Waals surface area (Å²) in [6.45, 7) is 0.870. The summed E-state index contributed by atoms with van der Waals surface area (Å²) < 4.78 is 28.7. The van der Waals surface area contributed by atoms with Gasteiger partial charge in [0.2, 0.25) is 10.0 Å². The number of methoxy groups -OCH3 is 1. The first kappa shape index (κ1) is 13.8. The van der Waals surface area contributed by atoms with Crippen LogP contribution in [0.5, 0.6) is 0 Å². The minimum absolute atomic E-state index is 0.137. The number of hydrogen-bond donors (Lipinski definition) is 2. The molecular formula is C7H13NO6S. The second-order valence-electron chi connectivity index (χ2n) is 2.75. The zero-order chi connectivity index (χ0) is 12.1. The molecule has 0 rings (SSSR count). The Morgan fingerprint density at radius 1 is 1.47 bits per heavy atom. The number of carbonyl (C=O) groups is 2. The average molecular weight is 239 g/mol. The third-order valence-electron chi connectivity index (χ3n) is 1.67. The van der Waals surface area contributed by atoms with Gasteiger partial charge in [0.15, 0.2) is 5.25 Å². The monoisotopic (exact) mass is 239 g/mol. The molecule has 0 saturated heterocycles. The van der Waals surface area contributed by atoms with Crippen LogP contribution in [0.1, 0.15) is 13.3 Å². The molecule has 0 aliphatic carbocycles. The Hall–Kier alpha value is -1.15. The van der Waals surface area contributed by atoms with E-state index in [2.05, 4.69) is 4.74 Å². The maximum absolute atomic E-state index is 11.2. The molecule has 1 atom stereocenters. The third kappa shape index (κ3) is 4.75. The van der Waals surface area contributed by atoms with Gasteiger partial charge in [-0.05, 0) is 6.92 Å². The summed E-state index contributed by atoms with van der Waals surface area (Å²) in [5, 5.41) is 6.92. The fourth-order valence-electron chi connectivity index (χ4n) is 0.655. The molecule has 0 aliphatic rings. The normalized spacial score (nSPS) is 13.2. The first-order chi connectivity index (χ1) is 6.81. The number of aliphatic carboxylic acids is 1. The van der Waals surface area contributed by atoms with Crippen molar-refractivity contribution in [1.29, 1.82) is 0 Å². The van der Waals surface area contributed by atoms with E-state index in [1.807, 2.05) is 4.72 Å². The lowest BCUT2D eigenvalue weighted by molar-refractivity contribution is -0.140. The van der Waals surface area contributed by atoms with E-state index in [1.165, 1.54) is 7.11 Å². The van der Waals surface area contributed by atoms with E-state index in [0.717, 1.165) is 6.92 Å². The molecule has 0 spiro atoms. The van der Waals surface area contributed by atoms with Gasteiger partial charge in [-0.25, -0.2) is 13.1 Å². The molecule has 0 aromatic carbocycles. The first-order valence-corrected chi connectivity index (χ1v) is 5.64. The van der Waals surface area contributed by atoms with E-state index in [9.17, 15) is 18.0 Å². The fraction of sp³-hybridized carbons (Fsp3) is 0.714. The molecule has 15 heavy (non-hydrogen) atoms. The van der Waals surface area contributed by atoms with Gasteiger partial charge >= 0.3 is 11.9 Å². The number of rotatable bonds is 6. The largest absolute Gasteiger partial charge is 0.480 e. The third-order valence-corrected chi connectivity index (χ3v) is 3.41. The minimum atomic E-state index is -3.92. The fourth-order valence-corrected chi connectivity index (χ4v) is 1.56. The van der Waals surface area contributed by atoms with Gasteiger partial charge in [-0.2, -0.15) is 0 Å². The van der Waals surface area contributed by atoms with Crippen LogP contribution in [0.25, 0.3) is 0 Å². The zero-order valence-electron chi connectivity index (χ0n) is 8.39. The minimum Gasteiger partial charge on any atom is -0.480 e. The van der Waals surface area contributed by atoms with Crippen LogP contribution in [0.4, 0.5) is 0 Å². The van der Waals surface area contributed by atoms with E-state index in [1.54, 1.807) is 0 Å². The quantitative estimate of drug-likeness (QED) is 0.572. The summed E-state index contributed by atoms with van der Waals surface area (Å²) in [4.78, 5) is 21.0. The summed E-state index contributed by atoms with van der Waals surface area (Å²) >= 11 is 0. The van der Waals surface area contributed by atoms with Crippen molar-refractivity contribution in [2.45, 2.75) is 18.6 Å². The molecule has 0 fully saturated rings. The molecule has 0 aromatic rings. The van der Waals surface area contributed by atoms with Crippen LogP contribution in [0.3, 0.4) is 0 Å². The summed E-state index contributed by atoms with van der Waals surface area (Å²) in [5.41, 5.74) is 0. The first-order valence-electron chi connectivity index (χ1n) is 4.09. The van der Waals surface area contributed by atoms with Crippen LogP contribution >= 0.6 is 0 Å². The molecule has 7 nitrogen and oxygen atoms in total. The molecule has 0 aromatic heterocycles. The van der Waals surface area contributed by atoms with Gasteiger partial charge < -0.3 is 9.84 Å². The Bertz CT molecular complexity index is 335. The molecule has 0 bridgehead atoms. The molecule has 88 valence electrons. The molecular weight excluding hydrogens is 226 g/mol. The lowest BCUT2D eigenvalue weighted by atomic mass is 10.4. The van der Waals surface area contributed by atoms with Crippen molar-refractivity contribution in [1.82, 2.24) is 4.72 Å². The SMILES string of the molecule is COC(=O)CCNS(=O)(=O)C(C)C(=O)O. The lowest BCUT2D eigenvalue weighted by Gasteiger charge is -2.09. The molecule has 0 heterocycles. The van der Waals surface area contributed by atoms with E-state index < -0.39 is 27.2 Å². The second kappa shape index (κ2) is 5.66. The van der Waals surface area contributed by atoms with Gasteiger partial charge in [0.1, 0.15) is 0 Å². The van der Waals surface area contributed by atoms with Crippen molar-refractivity contribution in [2.24, 2.45) is 0 Å². The Labute approximate surface area is 87.5 Å². The number of nitrogens with one attached hydrogen (secondary N) is 1. The van der Waals surface area contributed by atoms with Crippen molar-refractivity contribution in [2.75, 3.05) is 13.7 Å². The number of carbonyl (C=O) groups excluding carboxylic acids is 1. The predicted octanol–water partition coefficient (Wildman–Crippen LogP) is -1.06. The Balaban J connectivity index is 4.17. The number of carboxylic acids is 1. The van der Waals surface area contributed by atoms with Crippen molar-refractivity contribution in [3.63, 3.8) is 0 Å². The van der Waals surface area contributed by atoms with Crippen LogP contribution < -0.4 is 4.72 Å². The topological polar surface area (TPSA) is 110 Å². The van der Waals surface area contributed by atoms with Crippen molar-refractivity contribution >= 4 is 22.0 Å². The Kier molecular flexibility index (Phi) is 5.23. The van der Waals surface area contributed by atoms with Crippen LogP contribution in [0.2, 0.25) is 0 Å². The molecule has 0 radical (unpaired) electrons. The summed E-state index contributed by atoms with van der Waals surface area (Å²) in [6.07, 6.45) is -0.137. The highest BCUT2D eigenvalue weighted by atomic mass is 32.2. The van der Waals surface area contributed by atoms with E-state index in [4.69, 9.17) is 5.11 Å². The smallest absolute Gasteiger partial charge is 0.323 e. The highest BCUT2D eigenvalue weighted by Gasteiger charge is 2.26. The molecule has 2 N–H and O–H groups in total. The van der Waals surface area contributed by atoms with Gasteiger partial charge in [0, 0.05) is 6.54 Å². The molecule has 0 amide bonds. The van der Waals surface area contributed by atoms with Gasteiger partial charge in [0.25, 0.3) is 0 Å². The average Bonchev–Trinajstić information content (AvgIpc) is 2.15. The molecule has 0 aliphatic heterocycles. The van der Waals surface area contributed by atoms with E-state index >= 15 is 0 Å². The maximum Gasteiger partial charge on any atom is 0.323 e. The lowest BCUT2D eigenvalue weighted by Crippen LogP contribution is -2.38. The summed E-state index contributed by atoms with van der Waals surface area (Å²) in [7, 11) is -2.74. The van der Waals surface area contributed by atoms with Crippen molar-refractivity contribution in [3.05, 3.63) is 0 Å². The second-order valence-corrected chi connectivity index (χ2v) is 4.83. The Morgan fingerprint density at radius 2 is 2.00 bits per heavy atom. The number of carboxylic acid groups (broad SMARTS) is 1. The predicted molar refractivity (Wildman–Crippen MR) is 50.7 cm³/mol. The number of hydrogen-bond acceptors (Lipinski definition) is 5. The summed E-state index contributed by atoms with van der Waals surface area (Å²) in [5.74, 6) is -2.01. The maximum atomic E-state index is 11.2. The number of ether oxygens (including phenoxy) is 1. The van der Waals surface area contributed by atoms with Crippen LogP contribution in [-0.4, -0.2) is 44.4 Å². The van der Waals surface area contributed by atoms with Gasteiger partial charge in [-0.1, -0.05) is 0 Å². The Morgan fingerprint density at radius 3 is 2.40 bits per heavy atom. The van der Waals surface area contributed by atoms with Gasteiger partial charge in [0.05, 0.1) is 13.5 Å². The number of sulfonamides is 1. The van der Waals surface area contributed by atoms with Gasteiger partial charge in [-0.15, -0.1) is 0 Å². The van der Waals surface area contributed by atoms with Crippen LogP contribution in [0.15, 0.2) is 0 Å². The molecule has 8 heteroatoms. The highest BCUT2D eigenvalue weighted by molar-refractivity contribution is 7.90. The standard InChI is InChI=1S/C7H13NO6S/c1-5(7(10)11)15(12,13)8-4-3-6(9)14-2/h5,8H,3-4H2,1-2H3,(H,10,11). The zero-order valence-corrected chi connectivity index (χ0v) is 9.20. The van der Waals surface area contributed by atoms with E-state index in [0.29, 0.717) is 0 Å². The summed E-state index contributed by atoms with van der Waals surface area (Å²) in [6, 6.07) is 0. The van der Waals surface area contributed by atoms with Crippen LogP contribution in [-0.2, 0) is 24.3 Å². The van der Waals surface area contributed by atoms with Crippen LogP contribution in [0, 0.1) is 0 Å². The van der Waals surface area contributed by atoms with Crippen molar-refractivity contribution in [3.8, 4) is 0 Å². The number of esters is 1. The highest BCUT2D eigenvalue weighted by Crippen LogP contribution is 1.98. The molecule has 0 saturated carbocycles. The molecule has 1 unspecified atom stereocenters.